The van der Waals surface area contributed by atoms with Crippen LogP contribution in [0.1, 0.15) is 13.8 Å². The van der Waals surface area contributed by atoms with Crippen molar-refractivity contribution in [1.29, 1.82) is 0 Å². The van der Waals surface area contributed by atoms with Crippen LogP contribution in [0.15, 0.2) is 126 Å². The average Bonchev–Trinajstić information content (AvgIpc) is 3.00. The van der Waals surface area contributed by atoms with Crippen LogP contribution in [0, 0.1) is 0 Å². The lowest BCUT2D eigenvalue weighted by Crippen LogP contribution is -2.36. The zero-order chi connectivity index (χ0) is 28.4. The van der Waals surface area contributed by atoms with Crippen LogP contribution in [0.4, 0.5) is 4.79 Å². The Bertz CT molecular complexity index is 1430. The zero-order valence-electron chi connectivity index (χ0n) is 22.6. The van der Waals surface area contributed by atoms with Gasteiger partial charge in [-0.25, -0.2) is 15.0 Å². The van der Waals surface area contributed by atoms with Crippen LogP contribution >= 0.6 is 14.8 Å². The second-order valence-corrected chi connectivity index (χ2v) is 15.1. The number of amides is 2. The number of carbonyl (C=O) groups excluding carboxylic acids is 2. The molecule has 4 aromatic carbocycles. The van der Waals surface area contributed by atoms with Crippen molar-refractivity contribution in [1.82, 2.24) is 5.43 Å². The third kappa shape index (κ3) is 6.59. The SMILES string of the molecule is CCOC(=O)C(/C(C)=N/NC(N)=O)=P(CP(c1ccccc1)c1ccccc1)(c1ccccc1)c1ccccc1. The second kappa shape index (κ2) is 13.9. The van der Waals surface area contributed by atoms with Crippen molar-refractivity contribution in [2.75, 3.05) is 12.5 Å². The number of nitrogens with two attached hydrogens (primary N) is 1. The van der Waals surface area contributed by atoms with Gasteiger partial charge in [0, 0.05) is 5.90 Å². The van der Waals surface area contributed by atoms with Gasteiger partial charge in [-0.05, 0) is 49.9 Å². The number of nitrogens with zero attached hydrogens (tertiary/aromatic N) is 1. The number of primary amides is 1. The van der Waals surface area contributed by atoms with E-state index < -0.39 is 26.8 Å². The second-order valence-electron chi connectivity index (χ2n) is 8.96. The molecule has 3 N–H and O–H groups in total. The molecule has 0 aliphatic carbocycles. The molecule has 0 atom stereocenters. The molecule has 0 unspecified atom stereocenters. The Labute approximate surface area is 237 Å². The zero-order valence-corrected chi connectivity index (χ0v) is 24.4. The molecule has 6 nitrogen and oxygen atoms in total. The smallest absolute Gasteiger partial charge is 0.340 e. The monoisotopic (exact) mass is 569 g/mol. The molecule has 0 aliphatic rings. The van der Waals surface area contributed by atoms with Crippen molar-refractivity contribution in [2.45, 2.75) is 13.8 Å². The van der Waals surface area contributed by atoms with Gasteiger partial charge in [0.2, 0.25) is 0 Å². The largest absolute Gasteiger partial charge is 0.462 e. The van der Waals surface area contributed by atoms with Gasteiger partial charge in [0.15, 0.2) is 0 Å². The molecule has 204 valence electrons. The summed E-state index contributed by atoms with van der Waals surface area (Å²) >= 11 is 0. The van der Waals surface area contributed by atoms with Gasteiger partial charge in [0.1, 0.15) is 0 Å². The highest BCUT2D eigenvalue weighted by atomic mass is 31.2. The first kappa shape index (κ1) is 29.0. The van der Waals surface area contributed by atoms with Gasteiger partial charge >= 0.3 is 12.0 Å². The van der Waals surface area contributed by atoms with Gasteiger partial charge in [0.25, 0.3) is 0 Å². The molecular formula is C32H33N3O3P2. The van der Waals surface area contributed by atoms with E-state index in [0.717, 1.165) is 10.6 Å². The lowest BCUT2D eigenvalue weighted by atomic mass is 10.3. The Morgan fingerprint density at radius 1 is 0.775 bits per heavy atom. The van der Waals surface area contributed by atoms with Crippen molar-refractivity contribution in [3.05, 3.63) is 121 Å². The van der Waals surface area contributed by atoms with E-state index in [9.17, 15) is 9.59 Å². The summed E-state index contributed by atoms with van der Waals surface area (Å²) in [5, 5.41) is 9.20. The Morgan fingerprint density at radius 2 is 1.20 bits per heavy atom. The predicted molar refractivity (Wildman–Crippen MR) is 170 cm³/mol. The first-order chi connectivity index (χ1) is 19.5. The molecule has 40 heavy (non-hydrogen) atoms. The molecule has 4 aromatic rings. The normalized spacial score (nSPS) is 11.6. The molecule has 0 saturated carbocycles. The van der Waals surface area contributed by atoms with Gasteiger partial charge in [-0.1, -0.05) is 121 Å². The van der Waals surface area contributed by atoms with E-state index in [0.29, 0.717) is 16.9 Å². The van der Waals surface area contributed by atoms with Crippen LogP contribution in [0.3, 0.4) is 0 Å². The fourth-order valence-electron chi connectivity index (χ4n) is 4.72. The molecule has 4 rings (SSSR count). The molecule has 2 amide bonds. The molecule has 0 aliphatic heterocycles. The van der Waals surface area contributed by atoms with E-state index in [-0.39, 0.29) is 6.61 Å². The van der Waals surface area contributed by atoms with Gasteiger partial charge in [0.05, 0.1) is 17.6 Å². The van der Waals surface area contributed by atoms with Gasteiger partial charge in [-0.15, -0.1) is 0 Å². The molecule has 0 saturated heterocycles. The number of hydrogen-bond acceptors (Lipinski definition) is 4. The first-order valence-electron chi connectivity index (χ1n) is 13.0. The number of hydrogen-bond donors (Lipinski definition) is 2. The fourth-order valence-corrected chi connectivity index (χ4v) is 14.1. The minimum Gasteiger partial charge on any atom is -0.462 e. The summed E-state index contributed by atoms with van der Waals surface area (Å²) in [5.74, 6) is 0.203. The number of esters is 1. The Kier molecular flexibility index (Phi) is 10.1. The number of benzene rings is 4. The lowest BCUT2D eigenvalue weighted by Gasteiger charge is -2.35. The minimum absolute atomic E-state index is 0.203. The van der Waals surface area contributed by atoms with Crippen molar-refractivity contribution >= 4 is 59.0 Å². The highest BCUT2D eigenvalue weighted by Crippen LogP contribution is 2.57. The number of rotatable bonds is 10. The molecule has 0 heterocycles. The molecule has 0 radical (unpaired) electrons. The summed E-state index contributed by atoms with van der Waals surface area (Å²) in [6.45, 7) is 0.971. The fraction of sp³-hybridized carbons (Fsp3) is 0.125. The van der Waals surface area contributed by atoms with Gasteiger partial charge < -0.3 is 10.5 Å². The van der Waals surface area contributed by atoms with Gasteiger partial charge in [-0.2, -0.15) is 5.10 Å². The highest BCUT2D eigenvalue weighted by molar-refractivity contribution is 8.00. The molecule has 0 fully saturated rings. The Morgan fingerprint density at radius 3 is 1.60 bits per heavy atom. The lowest BCUT2D eigenvalue weighted by molar-refractivity contribution is -0.134. The summed E-state index contributed by atoms with van der Waals surface area (Å²) < 4.78 is 5.71. The highest BCUT2D eigenvalue weighted by Gasteiger charge is 2.36. The summed E-state index contributed by atoms with van der Waals surface area (Å²) in [6, 6.07) is 40.3. The third-order valence-corrected chi connectivity index (χ3v) is 14.7. The Hall–Kier alpha value is -3.98. The van der Waals surface area contributed by atoms with E-state index in [4.69, 9.17) is 10.5 Å². The third-order valence-electron chi connectivity index (χ3n) is 6.41. The number of ether oxygens (including phenoxy) is 1. The van der Waals surface area contributed by atoms with Crippen LogP contribution in [-0.2, 0) is 9.53 Å². The number of nitrogens with one attached hydrogen (secondary N) is 1. The Balaban J connectivity index is 2.17. The molecule has 0 bridgehead atoms. The van der Waals surface area contributed by atoms with Crippen molar-refractivity contribution < 1.29 is 14.3 Å². The van der Waals surface area contributed by atoms with E-state index in [1.165, 1.54) is 10.6 Å². The number of urea groups is 1. The standard InChI is InChI=1S/C32H33N3O3P2/c1-3-38-31(36)30(25(2)34-35-32(33)37)40(28-20-12-6-13-21-28,29-22-14-7-15-23-29)24-39(26-16-8-4-9-17-26)27-18-10-5-11-19-27/h4-23H,3,24H2,1-2H3,(H3,33,35,37)/b34-25+. The minimum atomic E-state index is -2.75. The first-order valence-corrected chi connectivity index (χ1v) is 16.5. The van der Waals surface area contributed by atoms with E-state index in [1.54, 1.807) is 13.8 Å². The van der Waals surface area contributed by atoms with E-state index in [2.05, 4.69) is 83.3 Å². The molecule has 8 heteroatoms. The number of hydrazone groups is 1. The molecular weight excluding hydrogens is 536 g/mol. The average molecular weight is 570 g/mol. The molecule has 0 aromatic heterocycles. The predicted octanol–water partition coefficient (Wildman–Crippen LogP) is 4.53. The van der Waals surface area contributed by atoms with Crippen LogP contribution in [0.5, 0.6) is 0 Å². The summed E-state index contributed by atoms with van der Waals surface area (Å²) in [7, 11) is -0.945. The maximum atomic E-state index is 14.0. The summed E-state index contributed by atoms with van der Waals surface area (Å²) in [6.07, 6.45) is 0. The molecule has 0 spiro atoms. The maximum Gasteiger partial charge on any atom is 0.340 e. The van der Waals surface area contributed by atoms with Crippen molar-refractivity contribution in [2.24, 2.45) is 10.8 Å². The summed E-state index contributed by atoms with van der Waals surface area (Å²) in [4.78, 5) is 25.7. The van der Waals surface area contributed by atoms with E-state index in [1.807, 2.05) is 48.5 Å². The van der Waals surface area contributed by atoms with Crippen LogP contribution in [-0.4, -0.2) is 35.5 Å². The maximum absolute atomic E-state index is 14.0. The topological polar surface area (TPSA) is 93.8 Å². The van der Waals surface area contributed by atoms with Gasteiger partial charge in [-0.3, -0.25) is 0 Å². The van der Waals surface area contributed by atoms with Crippen molar-refractivity contribution in [3.63, 3.8) is 0 Å². The van der Waals surface area contributed by atoms with Crippen LogP contribution in [0.2, 0.25) is 0 Å². The number of carbonyl (C=O) groups is 2. The van der Waals surface area contributed by atoms with Crippen molar-refractivity contribution in [3.8, 4) is 0 Å². The van der Waals surface area contributed by atoms with Crippen LogP contribution < -0.4 is 32.4 Å². The summed E-state index contributed by atoms with van der Waals surface area (Å²) in [5.41, 5.74) is 8.07. The van der Waals surface area contributed by atoms with Crippen LogP contribution in [0.25, 0.3) is 0 Å². The quantitative estimate of drug-likeness (QED) is 0.127. The van der Waals surface area contributed by atoms with E-state index >= 15 is 0 Å².